The van der Waals surface area contributed by atoms with E-state index in [9.17, 15) is 34.5 Å². The number of carbonyl (C=O) groups is 4. The second-order valence-electron chi connectivity index (χ2n) is 9.95. The molecule has 0 aromatic heterocycles. The Bertz CT molecular complexity index is 957. The molecule has 6 N–H and O–H groups in total. The minimum absolute atomic E-state index is 0.0620. The topological polar surface area (TPSA) is 173 Å². The number of aliphatic hydroxyl groups is 2. The molecular formula is C25H36N4O7. The fraction of sp³-hybridized carbons (Fsp3) is 0.600. The van der Waals surface area contributed by atoms with Crippen molar-refractivity contribution in [1.82, 2.24) is 15.1 Å². The van der Waals surface area contributed by atoms with Crippen LogP contribution < -0.4 is 11.1 Å². The summed E-state index contributed by atoms with van der Waals surface area (Å²) in [6.45, 7) is 3.65. The maximum Gasteiger partial charge on any atom is 0.326 e. The highest BCUT2D eigenvalue weighted by Crippen LogP contribution is 2.26. The number of hydrogen-bond acceptors (Lipinski definition) is 7. The number of carbonyl (C=O) groups excluding carboxylic acids is 3. The van der Waals surface area contributed by atoms with Crippen molar-refractivity contribution in [1.29, 1.82) is 0 Å². The summed E-state index contributed by atoms with van der Waals surface area (Å²) in [6, 6.07) is 5.26. The number of nitrogens with zero attached hydrogens (tertiary/aromatic N) is 2. The van der Waals surface area contributed by atoms with Crippen molar-refractivity contribution < 1.29 is 34.5 Å². The largest absolute Gasteiger partial charge is 0.480 e. The van der Waals surface area contributed by atoms with Gasteiger partial charge < -0.3 is 36.2 Å². The van der Waals surface area contributed by atoms with Crippen molar-refractivity contribution in [2.24, 2.45) is 11.7 Å². The van der Waals surface area contributed by atoms with Gasteiger partial charge in [0.2, 0.25) is 11.8 Å². The molecule has 11 heteroatoms. The van der Waals surface area contributed by atoms with Gasteiger partial charge in [-0.25, -0.2) is 4.79 Å². The number of benzene rings is 1. The number of nitrogens with two attached hydrogens (primary N) is 1. The Kier molecular flexibility index (Phi) is 9.04. The van der Waals surface area contributed by atoms with E-state index in [4.69, 9.17) is 5.73 Å². The van der Waals surface area contributed by atoms with Crippen LogP contribution >= 0.6 is 0 Å². The Morgan fingerprint density at radius 3 is 2.39 bits per heavy atom. The zero-order valence-corrected chi connectivity index (χ0v) is 20.6. The van der Waals surface area contributed by atoms with E-state index in [1.54, 1.807) is 13.8 Å². The van der Waals surface area contributed by atoms with E-state index >= 15 is 0 Å². The first-order valence-electron chi connectivity index (χ1n) is 12.3. The Morgan fingerprint density at radius 1 is 1.11 bits per heavy atom. The molecule has 1 aromatic rings. The normalized spacial score (nSPS) is 24.4. The summed E-state index contributed by atoms with van der Waals surface area (Å²) >= 11 is 0. The summed E-state index contributed by atoms with van der Waals surface area (Å²) in [5.41, 5.74) is 6.92. The number of carboxylic acids is 1. The van der Waals surface area contributed by atoms with Crippen LogP contribution in [0, 0.1) is 5.92 Å². The Morgan fingerprint density at radius 2 is 1.78 bits per heavy atom. The van der Waals surface area contributed by atoms with Gasteiger partial charge in [-0.2, -0.15) is 0 Å². The number of amides is 3. The first-order valence-corrected chi connectivity index (χ1v) is 12.3. The van der Waals surface area contributed by atoms with E-state index in [0.29, 0.717) is 12.8 Å². The van der Waals surface area contributed by atoms with E-state index in [-0.39, 0.29) is 31.8 Å². The highest BCUT2D eigenvalue weighted by Gasteiger charge is 2.46. The first kappa shape index (κ1) is 27.6. The van der Waals surface area contributed by atoms with Crippen molar-refractivity contribution in [3.63, 3.8) is 0 Å². The highest BCUT2D eigenvalue weighted by atomic mass is 16.4. The lowest BCUT2D eigenvalue weighted by Gasteiger charge is -2.33. The van der Waals surface area contributed by atoms with Gasteiger partial charge in [0.25, 0.3) is 5.91 Å². The highest BCUT2D eigenvalue weighted by molar-refractivity contribution is 5.94. The van der Waals surface area contributed by atoms with Crippen molar-refractivity contribution in [3.8, 4) is 0 Å². The van der Waals surface area contributed by atoms with E-state index in [0.717, 1.165) is 10.5 Å². The zero-order valence-electron chi connectivity index (χ0n) is 20.6. The van der Waals surface area contributed by atoms with E-state index in [2.05, 4.69) is 5.32 Å². The Labute approximate surface area is 210 Å². The molecule has 11 nitrogen and oxygen atoms in total. The molecule has 2 fully saturated rings. The monoisotopic (exact) mass is 504 g/mol. The average Bonchev–Trinajstić information content (AvgIpc) is 3.48. The van der Waals surface area contributed by atoms with E-state index in [1.165, 1.54) is 4.90 Å². The van der Waals surface area contributed by atoms with Gasteiger partial charge in [0.15, 0.2) is 0 Å². The third-order valence-electron chi connectivity index (χ3n) is 6.89. The van der Waals surface area contributed by atoms with Crippen molar-refractivity contribution in [2.45, 2.75) is 75.9 Å². The summed E-state index contributed by atoms with van der Waals surface area (Å²) in [6.07, 6.45) is -1.38. The standard InChI is InChI=1S/C25H36N4O7/c1-14(2)20(27-22(32)21(31)17(26)11-15-7-4-3-5-8-15)24(34)28-10-6-9-18(28)23(33)29-13-16(30)12-19(29)25(35)36/h3-5,7-8,14,16-21,30-31H,6,9-13,26H2,1-2H3,(H,27,32)(H,35,36)/t16-,17-,18+,19+,20-,21-/m0/s1. The summed E-state index contributed by atoms with van der Waals surface area (Å²) in [4.78, 5) is 53.6. The molecule has 1 aromatic carbocycles. The minimum Gasteiger partial charge on any atom is -0.480 e. The number of likely N-dealkylation sites (tertiary alicyclic amines) is 2. The third kappa shape index (κ3) is 6.21. The van der Waals surface area contributed by atoms with Gasteiger partial charge in [-0.1, -0.05) is 44.2 Å². The van der Waals surface area contributed by atoms with Crippen LogP contribution in [0.15, 0.2) is 30.3 Å². The molecule has 0 radical (unpaired) electrons. The van der Waals surface area contributed by atoms with Gasteiger partial charge in [0, 0.05) is 25.6 Å². The fourth-order valence-electron chi connectivity index (χ4n) is 4.89. The predicted octanol–water partition coefficient (Wildman–Crippen LogP) is -0.904. The SMILES string of the molecule is CC(C)[C@H](NC(=O)[C@@H](O)[C@@H](N)Cc1ccccc1)C(=O)N1CCC[C@@H]1C(=O)N1C[C@@H](O)C[C@@H]1C(=O)O. The lowest BCUT2D eigenvalue weighted by atomic mass is 9.99. The maximum atomic E-state index is 13.5. The molecule has 0 bridgehead atoms. The van der Waals surface area contributed by atoms with Crippen LogP contribution in [0.4, 0.5) is 0 Å². The molecule has 3 amide bonds. The number of nitrogens with one attached hydrogen (secondary N) is 1. The summed E-state index contributed by atoms with van der Waals surface area (Å²) in [5.74, 6) is -3.34. The zero-order chi connectivity index (χ0) is 26.6. The predicted molar refractivity (Wildman–Crippen MR) is 129 cm³/mol. The molecule has 2 aliphatic heterocycles. The number of aliphatic hydroxyl groups excluding tert-OH is 2. The molecule has 198 valence electrons. The molecule has 0 saturated carbocycles. The molecule has 6 atom stereocenters. The fourth-order valence-corrected chi connectivity index (χ4v) is 4.89. The smallest absolute Gasteiger partial charge is 0.326 e. The molecule has 36 heavy (non-hydrogen) atoms. The Hall–Kier alpha value is -3.02. The van der Waals surface area contributed by atoms with Crippen LogP contribution in [0.2, 0.25) is 0 Å². The average molecular weight is 505 g/mol. The lowest BCUT2D eigenvalue weighted by Crippen LogP contribution is -2.59. The molecule has 2 heterocycles. The van der Waals surface area contributed by atoms with Gasteiger partial charge >= 0.3 is 5.97 Å². The second-order valence-corrected chi connectivity index (χ2v) is 9.95. The number of β-amino-alcohol motifs (C(OH)–C–C–N with tert-alkyl or cyclic N) is 1. The van der Waals surface area contributed by atoms with Crippen molar-refractivity contribution >= 4 is 23.7 Å². The van der Waals surface area contributed by atoms with Crippen LogP contribution in [0.5, 0.6) is 0 Å². The number of rotatable bonds is 9. The minimum atomic E-state index is -1.54. The van der Waals surface area contributed by atoms with E-state index in [1.807, 2.05) is 30.3 Å². The second kappa shape index (κ2) is 11.8. The number of hydrogen-bond donors (Lipinski definition) is 5. The van der Waals surface area contributed by atoms with Crippen molar-refractivity contribution in [3.05, 3.63) is 35.9 Å². The number of aliphatic carboxylic acids is 1. The third-order valence-corrected chi connectivity index (χ3v) is 6.89. The number of carboxylic acid groups (broad SMARTS) is 1. The molecular weight excluding hydrogens is 468 g/mol. The van der Waals surface area contributed by atoms with Crippen LogP contribution in [-0.2, 0) is 25.6 Å². The summed E-state index contributed by atoms with van der Waals surface area (Å²) in [7, 11) is 0. The van der Waals surface area contributed by atoms with Crippen molar-refractivity contribution in [2.75, 3.05) is 13.1 Å². The summed E-state index contributed by atoms with van der Waals surface area (Å²) < 4.78 is 0. The van der Waals surface area contributed by atoms with Gasteiger partial charge in [-0.3, -0.25) is 14.4 Å². The molecule has 3 rings (SSSR count). The Balaban J connectivity index is 1.68. The van der Waals surface area contributed by atoms with Crippen LogP contribution in [-0.4, -0.2) is 98.3 Å². The van der Waals surface area contributed by atoms with Gasteiger partial charge in [-0.05, 0) is 30.7 Å². The maximum absolute atomic E-state index is 13.5. The van der Waals surface area contributed by atoms with Crippen LogP contribution in [0.3, 0.4) is 0 Å². The van der Waals surface area contributed by atoms with Crippen LogP contribution in [0.1, 0.15) is 38.7 Å². The van der Waals surface area contributed by atoms with Gasteiger partial charge in [0.1, 0.15) is 24.2 Å². The van der Waals surface area contributed by atoms with Crippen LogP contribution in [0.25, 0.3) is 0 Å². The molecule has 2 aliphatic rings. The molecule has 0 aliphatic carbocycles. The first-order chi connectivity index (χ1) is 17.0. The molecule has 0 spiro atoms. The van der Waals surface area contributed by atoms with E-state index < -0.39 is 60.1 Å². The molecule has 2 saturated heterocycles. The summed E-state index contributed by atoms with van der Waals surface area (Å²) in [5, 5.41) is 32.5. The lowest BCUT2D eigenvalue weighted by molar-refractivity contribution is -0.152. The van der Waals surface area contributed by atoms with Gasteiger partial charge in [0.05, 0.1) is 6.10 Å². The molecule has 0 unspecified atom stereocenters. The quantitative estimate of drug-likeness (QED) is 0.287. The van der Waals surface area contributed by atoms with Gasteiger partial charge in [-0.15, -0.1) is 0 Å².